The number of benzene rings is 2. The summed E-state index contributed by atoms with van der Waals surface area (Å²) in [5.41, 5.74) is 6.40. The smallest absolute Gasteiger partial charge is 0.251 e. The largest absolute Gasteiger partial charge is 0.454 e. The van der Waals surface area contributed by atoms with Crippen LogP contribution in [0.3, 0.4) is 0 Å². The summed E-state index contributed by atoms with van der Waals surface area (Å²) in [6, 6.07) is 9.39. The standard InChI is InChI=1S/C15H13FN2O3/c16-11-6-9(4-5-12(11)17)15(19)18-7-10-2-1-3-13-14(10)21-8-20-13/h1-6H,7-8,17H2,(H,18,19). The first-order valence-electron chi connectivity index (χ1n) is 6.36. The Kier molecular flexibility index (Phi) is 3.35. The molecule has 1 amide bonds. The summed E-state index contributed by atoms with van der Waals surface area (Å²) in [5.74, 6) is 0.284. The van der Waals surface area contributed by atoms with Crippen LogP contribution in [0.5, 0.6) is 11.5 Å². The SMILES string of the molecule is Nc1ccc(C(=O)NCc2cccc3c2OCO3)cc1F. The van der Waals surface area contributed by atoms with Gasteiger partial charge < -0.3 is 20.5 Å². The number of anilines is 1. The number of nitrogen functional groups attached to an aromatic ring is 1. The highest BCUT2D eigenvalue weighted by Gasteiger charge is 2.17. The average Bonchev–Trinajstić information content (AvgIpc) is 2.96. The second-order valence-electron chi connectivity index (χ2n) is 4.57. The third-order valence-corrected chi connectivity index (χ3v) is 3.18. The van der Waals surface area contributed by atoms with E-state index in [0.29, 0.717) is 11.5 Å². The number of nitrogens with two attached hydrogens (primary N) is 1. The van der Waals surface area contributed by atoms with E-state index in [1.54, 1.807) is 6.07 Å². The molecule has 0 atom stereocenters. The van der Waals surface area contributed by atoms with Gasteiger partial charge in [-0.2, -0.15) is 0 Å². The van der Waals surface area contributed by atoms with Crippen molar-refractivity contribution in [3.63, 3.8) is 0 Å². The van der Waals surface area contributed by atoms with E-state index in [0.717, 1.165) is 11.6 Å². The predicted octanol–water partition coefficient (Wildman–Crippen LogP) is 2.07. The Morgan fingerprint density at radius 3 is 2.95 bits per heavy atom. The van der Waals surface area contributed by atoms with Gasteiger partial charge in [0.15, 0.2) is 11.5 Å². The van der Waals surface area contributed by atoms with Crippen molar-refractivity contribution >= 4 is 11.6 Å². The van der Waals surface area contributed by atoms with Crippen LogP contribution in [-0.2, 0) is 6.54 Å². The summed E-state index contributed by atoms with van der Waals surface area (Å²) < 4.78 is 24.0. The van der Waals surface area contributed by atoms with Crippen LogP contribution in [0.4, 0.5) is 10.1 Å². The van der Waals surface area contributed by atoms with Crippen molar-refractivity contribution < 1.29 is 18.7 Å². The van der Waals surface area contributed by atoms with E-state index < -0.39 is 5.82 Å². The minimum atomic E-state index is -0.611. The van der Waals surface area contributed by atoms with Crippen molar-refractivity contribution in [2.75, 3.05) is 12.5 Å². The van der Waals surface area contributed by atoms with Crippen LogP contribution >= 0.6 is 0 Å². The Morgan fingerprint density at radius 1 is 1.29 bits per heavy atom. The molecule has 0 saturated carbocycles. The van der Waals surface area contributed by atoms with Gasteiger partial charge >= 0.3 is 0 Å². The van der Waals surface area contributed by atoms with Crippen LogP contribution in [0.2, 0.25) is 0 Å². The molecule has 0 fully saturated rings. The normalized spacial score (nSPS) is 12.2. The third kappa shape index (κ3) is 2.60. The molecule has 3 rings (SSSR count). The number of para-hydroxylation sites is 1. The number of hydrogen-bond donors (Lipinski definition) is 2. The van der Waals surface area contributed by atoms with Crippen LogP contribution in [0, 0.1) is 5.82 Å². The maximum absolute atomic E-state index is 13.3. The van der Waals surface area contributed by atoms with E-state index in [9.17, 15) is 9.18 Å². The summed E-state index contributed by atoms with van der Waals surface area (Å²) in [6.45, 7) is 0.431. The molecule has 0 radical (unpaired) electrons. The van der Waals surface area contributed by atoms with Gasteiger partial charge in [-0.05, 0) is 24.3 Å². The topological polar surface area (TPSA) is 73.6 Å². The Balaban J connectivity index is 1.72. The second-order valence-corrected chi connectivity index (χ2v) is 4.57. The highest BCUT2D eigenvalue weighted by atomic mass is 19.1. The maximum Gasteiger partial charge on any atom is 0.251 e. The van der Waals surface area contributed by atoms with Crippen molar-refractivity contribution in [2.24, 2.45) is 0 Å². The molecule has 1 heterocycles. The van der Waals surface area contributed by atoms with E-state index in [-0.39, 0.29) is 30.5 Å². The Labute approximate surface area is 120 Å². The Bertz CT molecular complexity index is 703. The van der Waals surface area contributed by atoms with E-state index in [4.69, 9.17) is 15.2 Å². The first kappa shape index (κ1) is 13.2. The molecule has 0 unspecified atom stereocenters. The zero-order chi connectivity index (χ0) is 14.8. The molecule has 0 bridgehead atoms. The average molecular weight is 288 g/mol. The molecule has 2 aromatic carbocycles. The van der Waals surface area contributed by atoms with E-state index >= 15 is 0 Å². The fourth-order valence-electron chi connectivity index (χ4n) is 2.08. The van der Waals surface area contributed by atoms with Crippen LogP contribution in [0.1, 0.15) is 15.9 Å². The summed E-state index contributed by atoms with van der Waals surface area (Å²) in [6.07, 6.45) is 0. The van der Waals surface area contributed by atoms with Crippen molar-refractivity contribution in [1.82, 2.24) is 5.32 Å². The highest BCUT2D eigenvalue weighted by molar-refractivity contribution is 5.94. The molecule has 0 aromatic heterocycles. The monoisotopic (exact) mass is 288 g/mol. The molecule has 1 aliphatic heterocycles. The number of hydrogen-bond acceptors (Lipinski definition) is 4. The lowest BCUT2D eigenvalue weighted by molar-refractivity contribution is 0.0950. The van der Waals surface area contributed by atoms with Crippen LogP contribution in [0.25, 0.3) is 0 Å². The van der Waals surface area contributed by atoms with Crippen LogP contribution in [-0.4, -0.2) is 12.7 Å². The van der Waals surface area contributed by atoms with E-state index in [1.807, 2.05) is 12.1 Å². The molecule has 1 aliphatic rings. The minimum Gasteiger partial charge on any atom is -0.454 e. The lowest BCUT2D eigenvalue weighted by Crippen LogP contribution is -2.23. The van der Waals surface area contributed by atoms with Gasteiger partial charge in [-0.25, -0.2) is 4.39 Å². The van der Waals surface area contributed by atoms with E-state index in [1.165, 1.54) is 12.1 Å². The fraction of sp³-hybridized carbons (Fsp3) is 0.133. The van der Waals surface area contributed by atoms with Crippen molar-refractivity contribution in [1.29, 1.82) is 0 Å². The van der Waals surface area contributed by atoms with Crippen molar-refractivity contribution in [3.05, 3.63) is 53.3 Å². The van der Waals surface area contributed by atoms with Crippen molar-refractivity contribution in [2.45, 2.75) is 6.54 Å². The third-order valence-electron chi connectivity index (χ3n) is 3.18. The number of carbonyl (C=O) groups excluding carboxylic acids is 1. The lowest BCUT2D eigenvalue weighted by atomic mass is 10.1. The highest BCUT2D eigenvalue weighted by Crippen LogP contribution is 2.35. The van der Waals surface area contributed by atoms with Gasteiger partial charge in [0, 0.05) is 17.7 Å². The first-order valence-corrected chi connectivity index (χ1v) is 6.36. The van der Waals surface area contributed by atoms with Crippen LogP contribution in [0.15, 0.2) is 36.4 Å². The number of carbonyl (C=O) groups is 1. The number of halogens is 1. The number of ether oxygens (including phenoxy) is 2. The van der Waals surface area contributed by atoms with Gasteiger partial charge in [0.05, 0.1) is 5.69 Å². The molecule has 108 valence electrons. The number of nitrogens with one attached hydrogen (secondary N) is 1. The maximum atomic E-state index is 13.3. The fourth-order valence-corrected chi connectivity index (χ4v) is 2.08. The molecule has 3 N–H and O–H groups in total. The summed E-state index contributed by atoms with van der Waals surface area (Å²) in [4.78, 5) is 12.0. The van der Waals surface area contributed by atoms with Gasteiger partial charge in [0.25, 0.3) is 5.91 Å². The van der Waals surface area contributed by atoms with Gasteiger partial charge in [-0.15, -0.1) is 0 Å². The molecular formula is C15H13FN2O3. The Hall–Kier alpha value is -2.76. The quantitative estimate of drug-likeness (QED) is 0.848. The zero-order valence-electron chi connectivity index (χ0n) is 11.1. The number of amides is 1. The predicted molar refractivity (Wildman–Crippen MR) is 74.5 cm³/mol. The molecular weight excluding hydrogens is 275 g/mol. The van der Waals surface area contributed by atoms with E-state index in [2.05, 4.69) is 5.32 Å². The summed E-state index contributed by atoms with van der Waals surface area (Å²) in [5, 5.41) is 2.71. The zero-order valence-corrected chi connectivity index (χ0v) is 11.1. The lowest BCUT2D eigenvalue weighted by Gasteiger charge is -2.08. The number of rotatable bonds is 3. The molecule has 0 aliphatic carbocycles. The number of fused-ring (bicyclic) bond motifs is 1. The molecule has 21 heavy (non-hydrogen) atoms. The first-order chi connectivity index (χ1) is 10.1. The van der Waals surface area contributed by atoms with Crippen molar-refractivity contribution in [3.8, 4) is 11.5 Å². The molecule has 5 nitrogen and oxygen atoms in total. The Morgan fingerprint density at radius 2 is 2.14 bits per heavy atom. The van der Waals surface area contributed by atoms with Gasteiger partial charge in [0.1, 0.15) is 5.82 Å². The second kappa shape index (κ2) is 5.32. The molecule has 6 heteroatoms. The molecule has 2 aromatic rings. The molecule has 0 saturated heterocycles. The van der Waals surface area contributed by atoms with Gasteiger partial charge in [-0.3, -0.25) is 4.79 Å². The van der Waals surface area contributed by atoms with Crippen LogP contribution < -0.4 is 20.5 Å². The summed E-state index contributed by atoms with van der Waals surface area (Å²) >= 11 is 0. The van der Waals surface area contributed by atoms with Gasteiger partial charge in [-0.1, -0.05) is 12.1 Å². The van der Waals surface area contributed by atoms with Gasteiger partial charge in [0.2, 0.25) is 6.79 Å². The molecule has 0 spiro atoms. The minimum absolute atomic E-state index is 0.0120. The summed E-state index contributed by atoms with van der Waals surface area (Å²) in [7, 11) is 0.